The molecule has 0 bridgehead atoms. The molecule has 2 heterocycles. The van der Waals surface area contributed by atoms with Crippen LogP contribution in [0.4, 0.5) is 5.82 Å². The molecule has 184 valence electrons. The molecule has 4 rings (SSSR count). The van der Waals surface area contributed by atoms with Crippen molar-refractivity contribution < 1.29 is 22.5 Å². The van der Waals surface area contributed by atoms with Gasteiger partial charge < -0.3 is 5.11 Å². The number of hydrogen-bond donors (Lipinski definition) is 2. The highest BCUT2D eigenvalue weighted by Gasteiger charge is 2.26. The van der Waals surface area contributed by atoms with E-state index < -0.39 is 16.4 Å². The molecule has 1 aromatic carbocycles. The van der Waals surface area contributed by atoms with Crippen molar-refractivity contribution in [3.05, 3.63) is 73.8 Å². The number of nitrogens with two attached hydrogens (primary N) is 1. The summed E-state index contributed by atoms with van der Waals surface area (Å²) in [7, 11) is -4.00. The molecule has 1 unspecified atom stereocenters. The lowest BCUT2D eigenvalue weighted by Gasteiger charge is -2.10. The van der Waals surface area contributed by atoms with Crippen LogP contribution in [0.25, 0.3) is 0 Å². The van der Waals surface area contributed by atoms with E-state index in [1.54, 1.807) is 24.3 Å². The van der Waals surface area contributed by atoms with Gasteiger partial charge in [-0.2, -0.15) is 8.42 Å². The molecule has 1 aliphatic carbocycles. The predicted octanol–water partition coefficient (Wildman–Crippen LogP) is 4.25. The van der Waals surface area contributed by atoms with Crippen molar-refractivity contribution >= 4 is 62.2 Å². The van der Waals surface area contributed by atoms with Crippen LogP contribution in [0.3, 0.4) is 0 Å². The SMILES string of the molecule is NS(=O)(=O)OC[C@@H]1CCC(=Nc2ncncc2C(=O)c2cc(Cl)c(C(O)c3cccc(Cl)c3)s2)C1. The molecule has 0 spiro atoms. The summed E-state index contributed by atoms with van der Waals surface area (Å²) in [6.45, 7) is -0.0289. The third kappa shape index (κ3) is 6.50. The number of aliphatic imine (C=N–C) groups is 1. The molecule has 0 radical (unpaired) electrons. The fraction of sp³-hybridized carbons (Fsp3) is 0.273. The Balaban J connectivity index is 1.55. The molecule has 0 amide bonds. The Morgan fingerprint density at radius 3 is 2.89 bits per heavy atom. The number of aliphatic hydroxyl groups excluding tert-OH is 1. The van der Waals surface area contributed by atoms with Gasteiger partial charge in [0.05, 0.1) is 26.9 Å². The zero-order valence-corrected chi connectivity index (χ0v) is 21.2. The maximum absolute atomic E-state index is 13.3. The summed E-state index contributed by atoms with van der Waals surface area (Å²) in [6, 6.07) is 8.26. The maximum Gasteiger partial charge on any atom is 0.333 e. The number of halogens is 2. The minimum absolute atomic E-state index is 0.0289. The van der Waals surface area contributed by atoms with E-state index in [1.165, 1.54) is 18.6 Å². The fourth-order valence-electron chi connectivity index (χ4n) is 3.71. The lowest BCUT2D eigenvalue weighted by atomic mass is 10.1. The highest BCUT2D eigenvalue weighted by Crippen LogP contribution is 2.37. The van der Waals surface area contributed by atoms with E-state index in [1.807, 2.05) is 0 Å². The molecular weight excluding hydrogens is 535 g/mol. The zero-order chi connectivity index (χ0) is 25.2. The first-order chi connectivity index (χ1) is 16.6. The number of hydrogen-bond acceptors (Lipinski definition) is 9. The van der Waals surface area contributed by atoms with Gasteiger partial charge in [0.25, 0.3) is 0 Å². The molecule has 0 aliphatic heterocycles. The van der Waals surface area contributed by atoms with Crippen molar-refractivity contribution in [2.45, 2.75) is 25.4 Å². The first kappa shape index (κ1) is 25.8. The van der Waals surface area contributed by atoms with Crippen LogP contribution >= 0.6 is 34.5 Å². The number of carbonyl (C=O) groups is 1. The molecule has 9 nitrogen and oxygen atoms in total. The molecule has 3 N–H and O–H groups in total. The third-order valence-electron chi connectivity index (χ3n) is 5.38. The van der Waals surface area contributed by atoms with Crippen LogP contribution in [-0.2, 0) is 14.5 Å². The van der Waals surface area contributed by atoms with E-state index in [-0.39, 0.29) is 34.7 Å². The maximum atomic E-state index is 13.3. The van der Waals surface area contributed by atoms with Gasteiger partial charge in [0.15, 0.2) is 5.82 Å². The molecule has 3 aromatic rings. The number of benzene rings is 1. The summed E-state index contributed by atoms with van der Waals surface area (Å²) in [6.07, 6.45) is 3.41. The molecule has 13 heteroatoms. The Morgan fingerprint density at radius 1 is 1.34 bits per heavy atom. The Hall–Kier alpha value is -2.25. The highest BCUT2D eigenvalue weighted by atomic mass is 35.5. The normalized spacial score (nSPS) is 18.2. The molecule has 2 aromatic heterocycles. The topological polar surface area (TPSA) is 145 Å². The number of rotatable bonds is 8. The van der Waals surface area contributed by atoms with Crippen molar-refractivity contribution in [3.63, 3.8) is 0 Å². The fourth-order valence-corrected chi connectivity index (χ4v) is 5.70. The Labute approximate surface area is 215 Å². The van der Waals surface area contributed by atoms with Gasteiger partial charge in [-0.25, -0.2) is 20.1 Å². The molecular formula is C22H20Cl2N4O5S2. The average molecular weight is 555 g/mol. The second kappa shape index (κ2) is 10.8. The van der Waals surface area contributed by atoms with Crippen LogP contribution in [0.2, 0.25) is 10.0 Å². The Kier molecular flexibility index (Phi) is 7.96. The van der Waals surface area contributed by atoms with Crippen molar-refractivity contribution in [2.24, 2.45) is 16.0 Å². The van der Waals surface area contributed by atoms with Crippen LogP contribution in [0, 0.1) is 5.92 Å². The number of ketones is 1. The van der Waals surface area contributed by atoms with Crippen LogP contribution < -0.4 is 5.14 Å². The Bertz CT molecular complexity index is 1390. The molecule has 1 aliphatic rings. The lowest BCUT2D eigenvalue weighted by Crippen LogP contribution is -2.19. The standard InChI is InChI=1S/C22H20Cl2N4O5S2/c23-14-3-1-2-13(7-14)19(29)21-17(24)8-18(34-21)20(30)16-9-26-11-27-22(16)28-15-5-4-12(6-15)10-33-35(25,31)32/h1-3,7-9,11-12,19,29H,4-6,10H2,(H2,25,31,32)/t12-,19?/m1/s1. The highest BCUT2D eigenvalue weighted by molar-refractivity contribution is 7.84. The monoisotopic (exact) mass is 554 g/mol. The van der Waals surface area contributed by atoms with E-state index in [0.717, 1.165) is 17.0 Å². The number of aliphatic hydroxyl groups is 1. The smallest absolute Gasteiger partial charge is 0.333 e. The molecule has 1 fully saturated rings. The van der Waals surface area contributed by atoms with Crippen molar-refractivity contribution in [1.29, 1.82) is 0 Å². The first-order valence-corrected chi connectivity index (χ1v) is 13.5. The van der Waals surface area contributed by atoms with E-state index in [2.05, 4.69) is 19.1 Å². The quantitative estimate of drug-likeness (QED) is 0.395. The van der Waals surface area contributed by atoms with Gasteiger partial charge in [0, 0.05) is 16.9 Å². The minimum atomic E-state index is -4.00. The van der Waals surface area contributed by atoms with E-state index in [4.69, 9.17) is 28.3 Å². The van der Waals surface area contributed by atoms with Gasteiger partial charge in [0.1, 0.15) is 12.4 Å². The predicted molar refractivity (Wildman–Crippen MR) is 134 cm³/mol. The second-order valence-corrected chi connectivity index (χ2v) is 11.1. The van der Waals surface area contributed by atoms with Crippen molar-refractivity contribution in [2.75, 3.05) is 6.61 Å². The molecule has 35 heavy (non-hydrogen) atoms. The second-order valence-electron chi connectivity index (χ2n) is 7.93. The number of carbonyl (C=O) groups excluding carboxylic acids is 1. The molecule has 2 atom stereocenters. The first-order valence-electron chi connectivity index (χ1n) is 10.4. The van der Waals surface area contributed by atoms with Gasteiger partial charge in [0.2, 0.25) is 5.78 Å². The zero-order valence-electron chi connectivity index (χ0n) is 18.1. The van der Waals surface area contributed by atoms with Crippen LogP contribution in [-0.4, -0.2) is 41.6 Å². The molecule has 1 saturated carbocycles. The number of nitrogens with zero attached hydrogens (tertiary/aromatic N) is 3. The summed E-state index contributed by atoms with van der Waals surface area (Å²) < 4.78 is 26.7. The van der Waals surface area contributed by atoms with E-state index in [9.17, 15) is 18.3 Å². The van der Waals surface area contributed by atoms with Crippen molar-refractivity contribution in [3.8, 4) is 0 Å². The van der Waals surface area contributed by atoms with Crippen LogP contribution in [0.5, 0.6) is 0 Å². The van der Waals surface area contributed by atoms with Gasteiger partial charge >= 0.3 is 10.3 Å². The van der Waals surface area contributed by atoms with Crippen molar-refractivity contribution in [1.82, 2.24) is 9.97 Å². The van der Waals surface area contributed by atoms with E-state index in [0.29, 0.717) is 39.6 Å². The van der Waals surface area contributed by atoms with Gasteiger partial charge in [-0.1, -0.05) is 35.3 Å². The largest absolute Gasteiger partial charge is 0.383 e. The summed E-state index contributed by atoms with van der Waals surface area (Å²) in [5.74, 6) is -0.234. The van der Waals surface area contributed by atoms with Gasteiger partial charge in [-0.3, -0.25) is 8.98 Å². The summed E-state index contributed by atoms with van der Waals surface area (Å²) in [5, 5.41) is 16.4. The lowest BCUT2D eigenvalue weighted by molar-refractivity contribution is 0.104. The third-order valence-corrected chi connectivity index (χ3v) is 7.69. The number of aromatic nitrogens is 2. The van der Waals surface area contributed by atoms with E-state index >= 15 is 0 Å². The Morgan fingerprint density at radius 2 is 2.14 bits per heavy atom. The summed E-state index contributed by atoms with van der Waals surface area (Å²) >= 11 is 13.5. The average Bonchev–Trinajstić information content (AvgIpc) is 3.43. The van der Waals surface area contributed by atoms with Gasteiger partial charge in [-0.05, 0) is 48.9 Å². The summed E-state index contributed by atoms with van der Waals surface area (Å²) in [4.78, 5) is 26.7. The molecule has 0 saturated heterocycles. The number of thiophene rings is 1. The van der Waals surface area contributed by atoms with Crippen LogP contribution in [0.15, 0.2) is 47.8 Å². The van der Waals surface area contributed by atoms with Gasteiger partial charge in [-0.15, -0.1) is 11.3 Å². The summed E-state index contributed by atoms with van der Waals surface area (Å²) in [5.41, 5.74) is 1.51. The van der Waals surface area contributed by atoms with Crippen LogP contribution in [0.1, 0.15) is 51.0 Å². The minimum Gasteiger partial charge on any atom is -0.383 e.